The fraction of sp³-hybridized carbons (Fsp3) is 0.417. The smallest absolute Gasteiger partial charge is 0.337 e. The summed E-state index contributed by atoms with van der Waals surface area (Å²) in [7, 11) is 1.66. The molecule has 0 bridgehead atoms. The van der Waals surface area contributed by atoms with Gasteiger partial charge in [-0.1, -0.05) is 11.6 Å². The SMILES string of the molecule is CN(CC(=O)NCC(C)(O)C(=O)O)c1ccc(Cl)cn1. The number of halogens is 1. The summed E-state index contributed by atoms with van der Waals surface area (Å²) in [6, 6.07) is 3.30. The maximum absolute atomic E-state index is 11.7. The minimum atomic E-state index is -1.99. The zero-order chi connectivity index (χ0) is 15.3. The second kappa shape index (κ2) is 6.53. The number of hydrogen-bond donors (Lipinski definition) is 3. The van der Waals surface area contributed by atoms with Crippen LogP contribution < -0.4 is 10.2 Å². The Morgan fingerprint density at radius 2 is 2.15 bits per heavy atom. The van der Waals surface area contributed by atoms with E-state index in [0.717, 1.165) is 6.92 Å². The van der Waals surface area contributed by atoms with Gasteiger partial charge in [0, 0.05) is 13.2 Å². The number of carbonyl (C=O) groups excluding carboxylic acids is 1. The number of carboxylic acid groups (broad SMARTS) is 1. The van der Waals surface area contributed by atoms with Crippen LogP contribution in [0.25, 0.3) is 0 Å². The molecule has 0 saturated heterocycles. The summed E-state index contributed by atoms with van der Waals surface area (Å²) in [5.41, 5.74) is -1.99. The molecule has 3 N–H and O–H groups in total. The first-order valence-corrected chi connectivity index (χ1v) is 6.15. The highest BCUT2D eigenvalue weighted by Crippen LogP contribution is 2.12. The average molecular weight is 302 g/mol. The molecule has 1 rings (SSSR count). The number of hydrogen-bond acceptors (Lipinski definition) is 5. The second-order valence-electron chi connectivity index (χ2n) is 4.55. The van der Waals surface area contributed by atoms with Crippen molar-refractivity contribution in [2.75, 3.05) is 25.0 Å². The molecule has 110 valence electrons. The van der Waals surface area contributed by atoms with Crippen molar-refractivity contribution in [2.45, 2.75) is 12.5 Å². The molecule has 20 heavy (non-hydrogen) atoms. The van der Waals surface area contributed by atoms with Crippen molar-refractivity contribution in [2.24, 2.45) is 0 Å². The number of likely N-dealkylation sites (N-methyl/N-ethyl adjacent to an activating group) is 1. The lowest BCUT2D eigenvalue weighted by Gasteiger charge is -2.21. The third-order valence-electron chi connectivity index (χ3n) is 2.57. The summed E-state index contributed by atoms with van der Waals surface area (Å²) in [5.74, 6) is -1.27. The number of nitrogens with one attached hydrogen (secondary N) is 1. The minimum absolute atomic E-state index is 0.0235. The lowest BCUT2D eigenvalue weighted by atomic mass is 10.1. The van der Waals surface area contributed by atoms with Gasteiger partial charge in [0.2, 0.25) is 5.91 Å². The lowest BCUT2D eigenvalue weighted by molar-refractivity contribution is -0.156. The van der Waals surface area contributed by atoms with Crippen LogP contribution in [0.3, 0.4) is 0 Å². The van der Waals surface area contributed by atoms with Crippen LogP contribution in [0.4, 0.5) is 5.82 Å². The third kappa shape index (κ3) is 4.67. The number of anilines is 1. The lowest BCUT2D eigenvalue weighted by Crippen LogP contribution is -2.48. The molecule has 0 aliphatic carbocycles. The molecular weight excluding hydrogens is 286 g/mol. The van der Waals surface area contributed by atoms with E-state index in [0.29, 0.717) is 10.8 Å². The normalized spacial score (nSPS) is 13.4. The number of aliphatic hydroxyl groups is 1. The van der Waals surface area contributed by atoms with Crippen LogP contribution in [0, 0.1) is 0 Å². The van der Waals surface area contributed by atoms with Crippen molar-refractivity contribution in [1.82, 2.24) is 10.3 Å². The Morgan fingerprint density at radius 3 is 2.65 bits per heavy atom. The summed E-state index contributed by atoms with van der Waals surface area (Å²) < 4.78 is 0. The van der Waals surface area contributed by atoms with E-state index in [2.05, 4.69) is 10.3 Å². The Labute approximate surface area is 121 Å². The Morgan fingerprint density at radius 1 is 1.50 bits per heavy atom. The molecule has 0 aromatic carbocycles. The van der Waals surface area contributed by atoms with Crippen LogP contribution >= 0.6 is 11.6 Å². The van der Waals surface area contributed by atoms with Gasteiger partial charge in [0.05, 0.1) is 18.1 Å². The van der Waals surface area contributed by atoms with Crippen molar-refractivity contribution < 1.29 is 19.8 Å². The van der Waals surface area contributed by atoms with Crippen LogP contribution in [0.5, 0.6) is 0 Å². The molecule has 1 atom stereocenters. The molecule has 8 heteroatoms. The van der Waals surface area contributed by atoms with E-state index in [1.54, 1.807) is 24.1 Å². The summed E-state index contributed by atoms with van der Waals surface area (Å²) in [4.78, 5) is 27.9. The van der Waals surface area contributed by atoms with Gasteiger partial charge in [-0.15, -0.1) is 0 Å². The molecule has 1 aromatic rings. The van der Waals surface area contributed by atoms with Gasteiger partial charge in [0.1, 0.15) is 5.82 Å². The minimum Gasteiger partial charge on any atom is -0.479 e. The van der Waals surface area contributed by atoms with E-state index in [9.17, 15) is 14.7 Å². The standard InChI is InChI=1S/C12H16ClN3O4/c1-12(20,11(18)19)7-15-10(17)6-16(2)9-4-3-8(13)5-14-9/h3-5,20H,6-7H2,1-2H3,(H,15,17)(H,18,19). The largest absolute Gasteiger partial charge is 0.479 e. The topological polar surface area (TPSA) is 103 Å². The Balaban J connectivity index is 2.50. The quantitative estimate of drug-likeness (QED) is 0.690. The maximum atomic E-state index is 11.7. The maximum Gasteiger partial charge on any atom is 0.337 e. The number of nitrogens with zero attached hydrogens (tertiary/aromatic N) is 2. The number of carboxylic acids is 1. The molecule has 0 aliphatic rings. The number of carbonyl (C=O) groups is 2. The molecular formula is C12H16ClN3O4. The van der Waals surface area contributed by atoms with Crippen molar-refractivity contribution >= 4 is 29.3 Å². The number of rotatable bonds is 6. The zero-order valence-electron chi connectivity index (χ0n) is 11.1. The second-order valence-corrected chi connectivity index (χ2v) is 4.98. The van der Waals surface area contributed by atoms with Crippen LogP contribution in [-0.4, -0.2) is 52.8 Å². The van der Waals surface area contributed by atoms with Crippen LogP contribution in [0.1, 0.15) is 6.92 Å². The third-order valence-corrected chi connectivity index (χ3v) is 2.80. The van der Waals surface area contributed by atoms with E-state index in [-0.39, 0.29) is 13.1 Å². The van der Waals surface area contributed by atoms with E-state index < -0.39 is 17.5 Å². The molecule has 1 amide bonds. The van der Waals surface area contributed by atoms with Gasteiger partial charge >= 0.3 is 5.97 Å². The predicted octanol–water partition coefficient (Wildman–Crippen LogP) is 0.123. The van der Waals surface area contributed by atoms with Crippen molar-refractivity contribution in [3.05, 3.63) is 23.4 Å². The van der Waals surface area contributed by atoms with Crippen LogP contribution in [-0.2, 0) is 9.59 Å². The van der Waals surface area contributed by atoms with Crippen molar-refractivity contribution in [3.63, 3.8) is 0 Å². The number of aromatic nitrogens is 1. The van der Waals surface area contributed by atoms with Gasteiger partial charge in [0.15, 0.2) is 5.60 Å². The van der Waals surface area contributed by atoms with Crippen molar-refractivity contribution in [3.8, 4) is 0 Å². The number of pyridine rings is 1. The van der Waals surface area contributed by atoms with Crippen LogP contribution in [0.15, 0.2) is 18.3 Å². The molecule has 1 aromatic heterocycles. The van der Waals surface area contributed by atoms with Gasteiger partial charge in [-0.25, -0.2) is 9.78 Å². The fourth-order valence-corrected chi connectivity index (χ4v) is 1.40. The van der Waals surface area contributed by atoms with Crippen LogP contribution in [0.2, 0.25) is 5.02 Å². The molecule has 1 unspecified atom stereocenters. The Bertz CT molecular complexity index is 490. The molecule has 0 saturated carbocycles. The molecule has 1 heterocycles. The van der Waals surface area contributed by atoms with E-state index in [1.165, 1.54) is 6.20 Å². The van der Waals surface area contributed by atoms with E-state index in [1.807, 2.05) is 0 Å². The van der Waals surface area contributed by atoms with Gasteiger partial charge in [-0.05, 0) is 19.1 Å². The van der Waals surface area contributed by atoms with E-state index >= 15 is 0 Å². The summed E-state index contributed by atoms with van der Waals surface area (Å²) in [6.07, 6.45) is 1.46. The Hall–Kier alpha value is -1.86. The molecule has 0 aliphatic heterocycles. The van der Waals surface area contributed by atoms with Gasteiger partial charge in [-0.2, -0.15) is 0 Å². The highest BCUT2D eigenvalue weighted by molar-refractivity contribution is 6.30. The van der Waals surface area contributed by atoms with Gasteiger partial charge in [-0.3, -0.25) is 4.79 Å². The molecule has 0 spiro atoms. The predicted molar refractivity (Wildman–Crippen MR) is 73.8 cm³/mol. The summed E-state index contributed by atoms with van der Waals surface area (Å²) >= 11 is 5.71. The first kappa shape index (κ1) is 16.2. The first-order valence-electron chi connectivity index (χ1n) is 5.77. The van der Waals surface area contributed by atoms with Gasteiger partial charge < -0.3 is 20.4 Å². The molecule has 0 fully saturated rings. The zero-order valence-corrected chi connectivity index (χ0v) is 11.9. The molecule has 7 nitrogen and oxygen atoms in total. The van der Waals surface area contributed by atoms with Crippen molar-refractivity contribution in [1.29, 1.82) is 0 Å². The highest BCUT2D eigenvalue weighted by atomic mass is 35.5. The van der Waals surface area contributed by atoms with E-state index in [4.69, 9.17) is 16.7 Å². The monoisotopic (exact) mass is 301 g/mol. The first-order chi connectivity index (χ1) is 9.22. The Kier molecular flexibility index (Phi) is 5.29. The number of amides is 1. The summed E-state index contributed by atoms with van der Waals surface area (Å²) in [5, 5.41) is 21.0. The number of aliphatic carboxylic acids is 1. The summed E-state index contributed by atoms with van der Waals surface area (Å²) in [6.45, 7) is 0.716. The molecule has 0 radical (unpaired) electrons. The fourth-order valence-electron chi connectivity index (χ4n) is 1.29. The average Bonchev–Trinajstić information content (AvgIpc) is 2.37. The highest BCUT2D eigenvalue weighted by Gasteiger charge is 2.30. The van der Waals surface area contributed by atoms with Gasteiger partial charge in [0.25, 0.3) is 0 Å².